The topological polar surface area (TPSA) is 106 Å². The summed E-state index contributed by atoms with van der Waals surface area (Å²) in [5.74, 6) is -2.91. The number of carbonyl (C=O) groups excluding carboxylic acids is 2. The zero-order valence-electron chi connectivity index (χ0n) is 27.4. The normalized spacial score (nSPS) is 19.6. The van der Waals surface area contributed by atoms with Crippen molar-refractivity contribution >= 4 is 40.8 Å². The van der Waals surface area contributed by atoms with Gasteiger partial charge < -0.3 is 25.2 Å². The van der Waals surface area contributed by atoms with Gasteiger partial charge in [-0.05, 0) is 45.8 Å². The van der Waals surface area contributed by atoms with Gasteiger partial charge in [0.2, 0.25) is 17.8 Å². The summed E-state index contributed by atoms with van der Waals surface area (Å²) in [5, 5.41) is 5.91. The number of halogens is 5. The Balaban J connectivity index is 1.50. The van der Waals surface area contributed by atoms with Crippen LogP contribution >= 0.6 is 0 Å². The van der Waals surface area contributed by atoms with E-state index >= 15 is 0 Å². The third-order valence-corrected chi connectivity index (χ3v) is 9.25. The van der Waals surface area contributed by atoms with Crippen LogP contribution in [-0.4, -0.2) is 95.2 Å². The molecule has 1 aromatic heterocycles. The number of benzene rings is 1. The van der Waals surface area contributed by atoms with Gasteiger partial charge in [0.05, 0.1) is 30.7 Å². The second-order valence-electron chi connectivity index (χ2n) is 12.6. The van der Waals surface area contributed by atoms with Gasteiger partial charge in [-0.2, -0.15) is 18.2 Å². The monoisotopic (exact) mass is 680 g/mol. The first-order valence-corrected chi connectivity index (χ1v) is 15.9. The summed E-state index contributed by atoms with van der Waals surface area (Å²) in [7, 11) is 1.48. The molecule has 11 nitrogen and oxygen atoms in total. The van der Waals surface area contributed by atoms with Crippen molar-refractivity contribution in [3.05, 3.63) is 36.5 Å². The Bertz CT molecular complexity index is 1520. The molecule has 0 spiro atoms. The van der Waals surface area contributed by atoms with Gasteiger partial charge in [-0.15, -0.1) is 0 Å². The highest BCUT2D eigenvalue weighted by atomic mass is 19.4. The second-order valence-corrected chi connectivity index (χ2v) is 12.6. The number of urea groups is 1. The molecule has 3 amide bonds. The lowest BCUT2D eigenvalue weighted by Crippen LogP contribution is -2.58. The summed E-state index contributed by atoms with van der Waals surface area (Å²) in [6.45, 7) is 11.4. The predicted molar refractivity (Wildman–Crippen MR) is 172 cm³/mol. The van der Waals surface area contributed by atoms with Gasteiger partial charge in [-0.3, -0.25) is 14.6 Å². The molecule has 0 radical (unpaired) electrons. The highest BCUT2D eigenvalue weighted by molar-refractivity contribution is 6.02. The van der Waals surface area contributed by atoms with Crippen LogP contribution in [0.2, 0.25) is 0 Å². The van der Waals surface area contributed by atoms with Crippen LogP contribution in [-0.2, 0) is 11.3 Å². The Kier molecular flexibility index (Phi) is 10.0. The molecular weight excluding hydrogens is 639 g/mol. The Morgan fingerprint density at radius 2 is 1.77 bits per heavy atom. The van der Waals surface area contributed by atoms with Gasteiger partial charge in [0.25, 0.3) is 0 Å². The molecule has 5 rings (SSSR count). The number of nitrogens with zero attached hydrogens (tertiary/aromatic N) is 6. The summed E-state index contributed by atoms with van der Waals surface area (Å²) in [6, 6.07) is -0.0333. The largest absolute Gasteiger partial charge is 0.494 e. The number of alkyl halides is 5. The van der Waals surface area contributed by atoms with Crippen LogP contribution in [0.25, 0.3) is 0 Å². The summed E-state index contributed by atoms with van der Waals surface area (Å²) in [5.41, 5.74) is 1.80. The molecule has 1 saturated carbocycles. The van der Waals surface area contributed by atoms with Crippen molar-refractivity contribution in [2.24, 2.45) is 0 Å². The quantitative estimate of drug-likeness (QED) is 0.240. The first kappa shape index (κ1) is 35.1. The summed E-state index contributed by atoms with van der Waals surface area (Å²) < 4.78 is 75.1. The lowest BCUT2D eigenvalue weighted by Gasteiger charge is -2.44. The second kappa shape index (κ2) is 13.7. The molecule has 1 aliphatic carbocycles. The van der Waals surface area contributed by atoms with Crippen LogP contribution in [0.1, 0.15) is 52.0 Å². The maximum absolute atomic E-state index is 14.1. The van der Waals surface area contributed by atoms with Crippen molar-refractivity contribution in [1.82, 2.24) is 19.8 Å². The number of amides is 3. The minimum Gasteiger partial charge on any atom is -0.494 e. The van der Waals surface area contributed by atoms with Crippen molar-refractivity contribution in [2.45, 2.75) is 83.2 Å². The number of nitrogens with one attached hydrogen (secondary N) is 2. The number of carbonyl (C=O) groups is 2. The number of hydrogen-bond acceptors (Lipinski definition) is 8. The van der Waals surface area contributed by atoms with Crippen molar-refractivity contribution in [1.29, 1.82) is 0 Å². The first-order chi connectivity index (χ1) is 22.6. The minimum atomic E-state index is -4.70. The molecule has 2 N–H and O–H groups in total. The van der Waals surface area contributed by atoms with E-state index in [1.54, 1.807) is 12.1 Å². The number of anilines is 5. The fraction of sp³-hybridized carbons (Fsp3) is 0.562. The maximum atomic E-state index is 14.1. The molecule has 2 aliphatic heterocycles. The molecule has 1 atom stereocenters. The molecule has 3 heterocycles. The number of fused-ring (bicyclic) bond motifs is 1. The van der Waals surface area contributed by atoms with Crippen molar-refractivity contribution in [3.8, 4) is 5.75 Å². The molecule has 3 aliphatic rings. The summed E-state index contributed by atoms with van der Waals surface area (Å²) in [6.07, 6.45) is -3.44. The summed E-state index contributed by atoms with van der Waals surface area (Å²) in [4.78, 5) is 41.2. The van der Waals surface area contributed by atoms with Crippen molar-refractivity contribution < 1.29 is 36.3 Å². The number of aromatic nitrogens is 2. The first-order valence-electron chi connectivity index (χ1n) is 15.9. The maximum Gasteiger partial charge on any atom is 0.408 e. The van der Waals surface area contributed by atoms with E-state index in [9.17, 15) is 31.5 Å². The van der Waals surface area contributed by atoms with Crippen LogP contribution in [0.15, 0.2) is 31.0 Å². The Hall–Kier alpha value is -4.21. The van der Waals surface area contributed by atoms with E-state index in [0.29, 0.717) is 41.2 Å². The third kappa shape index (κ3) is 7.42. The van der Waals surface area contributed by atoms with Gasteiger partial charge in [-0.25, -0.2) is 18.6 Å². The molecule has 0 bridgehead atoms. The zero-order chi connectivity index (χ0) is 35.0. The van der Waals surface area contributed by atoms with E-state index < -0.39 is 55.5 Å². The standard InChI is InChI=1S/C32H41F5N8O3/c1-6-27(46)39-23-15-24(26(48-5)16-25(23)43-13-11-42(12-14-43)19(2)3)40-29-38-17-21-18-44(20(4)32(35,36)37)30(47)45(28(21)41-29)22-7-9-31(33,34)10-8-22/h6,15-17,19-20,22H,1,7-14,18H2,2-5H3,(H,39,46)(H,38,40,41)/t20-/m0/s1. The Morgan fingerprint density at radius 1 is 1.10 bits per heavy atom. The van der Waals surface area contributed by atoms with E-state index in [-0.39, 0.29) is 30.2 Å². The van der Waals surface area contributed by atoms with E-state index in [2.05, 4.69) is 50.8 Å². The van der Waals surface area contributed by atoms with Crippen molar-refractivity contribution in [3.63, 3.8) is 0 Å². The highest BCUT2D eigenvalue weighted by Crippen LogP contribution is 2.42. The lowest BCUT2D eigenvalue weighted by atomic mass is 9.90. The fourth-order valence-electron chi connectivity index (χ4n) is 6.33. The molecule has 2 aromatic rings. The van der Waals surface area contributed by atoms with Crippen LogP contribution < -0.4 is 25.2 Å². The Labute approximate surface area is 276 Å². The van der Waals surface area contributed by atoms with Crippen LogP contribution in [0.4, 0.5) is 55.6 Å². The molecule has 48 heavy (non-hydrogen) atoms. The van der Waals surface area contributed by atoms with Crippen LogP contribution in [0, 0.1) is 0 Å². The van der Waals surface area contributed by atoms with Gasteiger partial charge in [0.15, 0.2) is 0 Å². The average Bonchev–Trinajstić information content (AvgIpc) is 3.04. The van der Waals surface area contributed by atoms with Crippen LogP contribution in [0.5, 0.6) is 5.75 Å². The number of hydrogen-bond donors (Lipinski definition) is 2. The third-order valence-electron chi connectivity index (χ3n) is 9.25. The number of piperazine rings is 1. The minimum absolute atomic E-state index is 0.0115. The number of ether oxygens (including phenoxy) is 1. The Morgan fingerprint density at radius 3 is 2.35 bits per heavy atom. The van der Waals surface area contributed by atoms with E-state index in [1.165, 1.54) is 13.3 Å². The predicted octanol–water partition coefficient (Wildman–Crippen LogP) is 6.15. The van der Waals surface area contributed by atoms with Gasteiger partial charge in [0.1, 0.15) is 17.6 Å². The average molecular weight is 681 g/mol. The van der Waals surface area contributed by atoms with Gasteiger partial charge in [-0.1, -0.05) is 6.58 Å². The molecule has 16 heteroatoms. The number of rotatable bonds is 9. The smallest absolute Gasteiger partial charge is 0.408 e. The van der Waals surface area contributed by atoms with E-state index in [4.69, 9.17) is 4.74 Å². The van der Waals surface area contributed by atoms with E-state index in [0.717, 1.165) is 36.7 Å². The molecule has 0 unspecified atom stereocenters. The highest BCUT2D eigenvalue weighted by Gasteiger charge is 2.48. The zero-order valence-corrected chi connectivity index (χ0v) is 27.4. The van der Waals surface area contributed by atoms with Crippen molar-refractivity contribution in [2.75, 3.05) is 53.7 Å². The van der Waals surface area contributed by atoms with E-state index in [1.807, 2.05) is 0 Å². The lowest BCUT2D eigenvalue weighted by molar-refractivity contribution is -0.172. The molecule has 2 fully saturated rings. The fourth-order valence-corrected chi connectivity index (χ4v) is 6.33. The van der Waals surface area contributed by atoms with Gasteiger partial charge in [0, 0.05) is 68.9 Å². The molecule has 1 saturated heterocycles. The number of methoxy groups -OCH3 is 1. The summed E-state index contributed by atoms with van der Waals surface area (Å²) >= 11 is 0. The SMILES string of the molecule is C=CC(=O)Nc1cc(Nc2ncc3c(n2)N(C2CCC(F)(F)CC2)C(=O)N([C@@H](C)C(F)(F)F)C3)c(OC)cc1N1CCN(C(C)C)CC1. The molecule has 262 valence electrons. The van der Waals surface area contributed by atoms with Crippen LogP contribution in [0.3, 0.4) is 0 Å². The molecular formula is C32H41F5N8O3. The molecule has 1 aromatic carbocycles. The van der Waals surface area contributed by atoms with Gasteiger partial charge >= 0.3 is 12.2 Å².